The fourth-order valence-electron chi connectivity index (χ4n) is 1.87. The molecule has 1 aromatic carbocycles. The summed E-state index contributed by atoms with van der Waals surface area (Å²) in [5, 5.41) is 4.05. The number of ether oxygens (including phenoxy) is 1. The number of nitrogens with zero attached hydrogens (tertiary/aromatic N) is 1. The van der Waals surface area contributed by atoms with Crippen LogP contribution in [0.3, 0.4) is 0 Å². The number of aromatic nitrogens is 1. The summed E-state index contributed by atoms with van der Waals surface area (Å²) in [5.41, 5.74) is 2.56. The van der Waals surface area contributed by atoms with Crippen LogP contribution in [-0.4, -0.2) is 10.5 Å². The van der Waals surface area contributed by atoms with Crippen LogP contribution in [-0.2, 0) is 6.54 Å². The van der Waals surface area contributed by atoms with Crippen molar-refractivity contribution >= 4 is 11.6 Å². The lowest BCUT2D eigenvalue weighted by molar-refractivity contribution is 0.423. The van der Waals surface area contributed by atoms with Crippen molar-refractivity contribution in [1.82, 2.24) is 10.3 Å². The molecule has 0 spiro atoms. The van der Waals surface area contributed by atoms with Crippen molar-refractivity contribution in [2.75, 3.05) is 0 Å². The van der Waals surface area contributed by atoms with Crippen LogP contribution >= 0.6 is 11.6 Å². The summed E-state index contributed by atoms with van der Waals surface area (Å²) in [7, 11) is 0. The van der Waals surface area contributed by atoms with E-state index >= 15 is 0 Å². The average Bonchev–Trinajstić information content (AvgIpc) is 2.36. The van der Waals surface area contributed by atoms with Crippen molar-refractivity contribution in [3.8, 4) is 11.5 Å². The molecule has 3 nitrogen and oxygen atoms in total. The Bertz CT molecular complexity index is 620. The third-order valence-electron chi connectivity index (χ3n) is 3.04. The van der Waals surface area contributed by atoms with Gasteiger partial charge in [-0.25, -0.2) is 0 Å². The van der Waals surface area contributed by atoms with Crippen molar-refractivity contribution in [2.45, 2.75) is 39.8 Å². The molecule has 0 amide bonds. The minimum atomic E-state index is 0.105. The summed E-state index contributed by atoms with van der Waals surface area (Å²) in [6.07, 6.45) is 3.23. The quantitative estimate of drug-likeness (QED) is 0.887. The number of halogens is 1. The Morgan fingerprint density at radius 1 is 1.14 bits per heavy atom. The molecular formula is C17H21ClN2O. The van der Waals surface area contributed by atoms with Crippen LogP contribution < -0.4 is 10.1 Å². The SMILES string of the molecule is Cc1cc(Oc2cncc(Cl)c2)ccc1CNC(C)(C)C. The lowest BCUT2D eigenvalue weighted by atomic mass is 10.1. The van der Waals surface area contributed by atoms with Crippen LogP contribution in [0.4, 0.5) is 0 Å². The fraction of sp³-hybridized carbons (Fsp3) is 0.353. The number of pyridine rings is 1. The van der Waals surface area contributed by atoms with E-state index in [2.05, 4.69) is 44.1 Å². The third kappa shape index (κ3) is 5.03. The van der Waals surface area contributed by atoms with E-state index in [-0.39, 0.29) is 5.54 Å². The number of aryl methyl sites for hydroxylation is 1. The number of nitrogens with one attached hydrogen (secondary N) is 1. The molecule has 0 saturated carbocycles. The molecule has 0 aliphatic carbocycles. The molecule has 2 aromatic rings. The molecule has 2 rings (SSSR count). The Morgan fingerprint density at radius 2 is 1.90 bits per heavy atom. The molecule has 0 radical (unpaired) electrons. The van der Waals surface area contributed by atoms with E-state index in [9.17, 15) is 0 Å². The van der Waals surface area contributed by atoms with Gasteiger partial charge < -0.3 is 10.1 Å². The normalized spacial score (nSPS) is 11.5. The van der Waals surface area contributed by atoms with E-state index in [1.54, 1.807) is 18.5 Å². The topological polar surface area (TPSA) is 34.1 Å². The van der Waals surface area contributed by atoms with Crippen LogP contribution in [0, 0.1) is 6.92 Å². The van der Waals surface area contributed by atoms with Gasteiger partial charge in [-0.15, -0.1) is 0 Å². The summed E-state index contributed by atoms with van der Waals surface area (Å²) in [5.74, 6) is 1.43. The molecule has 0 aliphatic rings. The zero-order valence-corrected chi connectivity index (χ0v) is 13.7. The van der Waals surface area contributed by atoms with Crippen molar-refractivity contribution in [3.05, 3.63) is 52.8 Å². The van der Waals surface area contributed by atoms with E-state index < -0.39 is 0 Å². The highest BCUT2D eigenvalue weighted by Crippen LogP contribution is 2.25. The van der Waals surface area contributed by atoms with E-state index in [1.165, 1.54) is 11.1 Å². The minimum Gasteiger partial charge on any atom is -0.456 e. The van der Waals surface area contributed by atoms with E-state index in [0.717, 1.165) is 12.3 Å². The van der Waals surface area contributed by atoms with Crippen LogP contribution in [0.15, 0.2) is 36.7 Å². The first-order valence-electron chi connectivity index (χ1n) is 6.96. The Labute approximate surface area is 131 Å². The van der Waals surface area contributed by atoms with Gasteiger partial charge in [0, 0.05) is 24.3 Å². The van der Waals surface area contributed by atoms with Gasteiger partial charge in [0.25, 0.3) is 0 Å². The van der Waals surface area contributed by atoms with Crippen LogP contribution in [0.25, 0.3) is 0 Å². The molecule has 0 saturated heterocycles. The molecule has 4 heteroatoms. The smallest absolute Gasteiger partial charge is 0.147 e. The van der Waals surface area contributed by atoms with E-state index in [1.807, 2.05) is 12.1 Å². The Morgan fingerprint density at radius 3 is 2.52 bits per heavy atom. The van der Waals surface area contributed by atoms with Gasteiger partial charge in [0.05, 0.1) is 11.2 Å². The van der Waals surface area contributed by atoms with Gasteiger partial charge in [0.15, 0.2) is 0 Å². The van der Waals surface area contributed by atoms with Gasteiger partial charge in [-0.05, 0) is 51.0 Å². The van der Waals surface area contributed by atoms with E-state index in [4.69, 9.17) is 16.3 Å². The van der Waals surface area contributed by atoms with Crippen molar-refractivity contribution in [3.63, 3.8) is 0 Å². The van der Waals surface area contributed by atoms with Gasteiger partial charge in [-0.3, -0.25) is 4.98 Å². The summed E-state index contributed by atoms with van der Waals surface area (Å²) in [4.78, 5) is 4.01. The highest BCUT2D eigenvalue weighted by atomic mass is 35.5. The largest absolute Gasteiger partial charge is 0.456 e. The molecule has 0 unspecified atom stereocenters. The van der Waals surface area contributed by atoms with Crippen LogP contribution in [0.1, 0.15) is 31.9 Å². The van der Waals surface area contributed by atoms with Gasteiger partial charge in [0.1, 0.15) is 11.5 Å². The second-order valence-corrected chi connectivity index (χ2v) is 6.57. The predicted molar refractivity (Wildman–Crippen MR) is 87.1 cm³/mol. The van der Waals surface area contributed by atoms with Gasteiger partial charge in [-0.1, -0.05) is 17.7 Å². The highest BCUT2D eigenvalue weighted by molar-refractivity contribution is 6.30. The third-order valence-corrected chi connectivity index (χ3v) is 3.25. The molecule has 1 N–H and O–H groups in total. The number of rotatable bonds is 4. The summed E-state index contributed by atoms with van der Waals surface area (Å²) in [6, 6.07) is 7.83. The Kier molecular flexibility index (Phi) is 4.86. The lowest BCUT2D eigenvalue weighted by Gasteiger charge is -2.21. The van der Waals surface area contributed by atoms with Crippen LogP contribution in [0.2, 0.25) is 5.02 Å². The first kappa shape index (κ1) is 15.8. The molecular weight excluding hydrogens is 284 g/mol. The van der Waals surface area contributed by atoms with Gasteiger partial charge in [0.2, 0.25) is 0 Å². The Hall–Kier alpha value is -1.58. The number of hydrogen-bond acceptors (Lipinski definition) is 3. The summed E-state index contributed by atoms with van der Waals surface area (Å²) >= 11 is 5.90. The molecule has 0 bridgehead atoms. The standard InChI is InChI=1S/C17H21ClN2O/c1-12-7-15(21-16-8-14(18)10-19-11-16)6-5-13(12)9-20-17(2,3)4/h5-8,10-11,20H,9H2,1-4H3. The fourth-order valence-corrected chi connectivity index (χ4v) is 2.04. The van der Waals surface area contributed by atoms with Crippen LogP contribution in [0.5, 0.6) is 11.5 Å². The first-order valence-corrected chi connectivity index (χ1v) is 7.34. The molecule has 0 fully saturated rings. The molecule has 0 atom stereocenters. The lowest BCUT2D eigenvalue weighted by Crippen LogP contribution is -2.35. The number of hydrogen-bond donors (Lipinski definition) is 1. The van der Waals surface area contributed by atoms with Crippen molar-refractivity contribution < 1.29 is 4.74 Å². The second-order valence-electron chi connectivity index (χ2n) is 6.13. The maximum atomic E-state index is 5.90. The van der Waals surface area contributed by atoms with E-state index in [0.29, 0.717) is 10.8 Å². The molecule has 1 heterocycles. The zero-order valence-electron chi connectivity index (χ0n) is 12.9. The molecule has 21 heavy (non-hydrogen) atoms. The van der Waals surface area contributed by atoms with Crippen molar-refractivity contribution in [1.29, 1.82) is 0 Å². The van der Waals surface area contributed by atoms with Gasteiger partial charge >= 0.3 is 0 Å². The molecule has 112 valence electrons. The Balaban J connectivity index is 2.08. The zero-order chi connectivity index (χ0) is 15.5. The highest BCUT2D eigenvalue weighted by Gasteiger charge is 2.10. The maximum absolute atomic E-state index is 5.90. The molecule has 1 aromatic heterocycles. The summed E-state index contributed by atoms with van der Waals surface area (Å²) < 4.78 is 5.77. The second kappa shape index (κ2) is 6.46. The predicted octanol–water partition coefficient (Wildman–Crippen LogP) is 4.72. The summed E-state index contributed by atoms with van der Waals surface area (Å²) in [6.45, 7) is 9.40. The van der Waals surface area contributed by atoms with Gasteiger partial charge in [-0.2, -0.15) is 0 Å². The maximum Gasteiger partial charge on any atom is 0.147 e. The average molecular weight is 305 g/mol. The first-order chi connectivity index (χ1) is 9.83. The van der Waals surface area contributed by atoms with Crippen molar-refractivity contribution in [2.24, 2.45) is 0 Å². The monoisotopic (exact) mass is 304 g/mol. The minimum absolute atomic E-state index is 0.105. The molecule has 0 aliphatic heterocycles. The number of benzene rings is 1.